The molecule has 9 aromatic carbocycles. The number of aromatic nitrogens is 1. The molecule has 0 unspecified atom stereocenters. The molecule has 0 spiro atoms. The average molecular weight is 891 g/mol. The molecule has 69 heavy (non-hydrogen) atoms. The van der Waals surface area contributed by atoms with Crippen LogP contribution in [-0.4, -0.2) is 11.3 Å². The molecule has 336 valence electrons. The predicted molar refractivity (Wildman–Crippen MR) is 306 cm³/mol. The highest BCUT2D eigenvalue weighted by Gasteiger charge is 2.26. The van der Waals surface area contributed by atoms with Crippen LogP contribution in [0.25, 0.3) is 80.2 Å². The summed E-state index contributed by atoms with van der Waals surface area (Å²) < 4.78 is 2.40. The first-order valence-electron chi connectivity index (χ1n) is 23.0. The number of rotatable bonds is 9. The van der Waals surface area contributed by atoms with Gasteiger partial charge in [0.1, 0.15) is 6.04 Å². The lowest BCUT2D eigenvalue weighted by molar-refractivity contribution is 0.869. The second-order valence-corrected chi connectivity index (χ2v) is 16.3. The Morgan fingerprint density at radius 1 is 0.362 bits per heavy atom. The average Bonchev–Trinajstić information content (AvgIpc) is 3.93. The molecule has 0 N–H and O–H groups in total. The highest BCUT2D eigenvalue weighted by molar-refractivity contribution is 6.08. The van der Waals surface area contributed by atoms with Crippen molar-refractivity contribution in [2.45, 2.75) is 12.6 Å². The van der Waals surface area contributed by atoms with E-state index in [1.165, 1.54) is 66.0 Å². The number of fused-ring (bicyclic) bond motifs is 7. The smallest absolute Gasteiger partial charge is 0.100 e. The molecule has 0 radical (unpaired) electrons. The Kier molecular flexibility index (Phi) is 16.8. The van der Waals surface area contributed by atoms with Gasteiger partial charge < -0.3 is 4.57 Å². The quantitative estimate of drug-likeness (QED) is 0.129. The number of benzene rings is 9. The maximum atomic E-state index is 4.22. The number of aliphatic imine (C=N–C) groups is 1. The fraction of sp³-hybridized carbons (Fsp3) is 0.0299. The minimum atomic E-state index is 0.123. The van der Waals surface area contributed by atoms with Crippen LogP contribution in [0.1, 0.15) is 56.1 Å². The van der Waals surface area contributed by atoms with Crippen molar-refractivity contribution < 1.29 is 0 Å². The van der Waals surface area contributed by atoms with Crippen LogP contribution >= 0.6 is 0 Å². The van der Waals surface area contributed by atoms with E-state index in [1.54, 1.807) is 0 Å². The van der Waals surface area contributed by atoms with Gasteiger partial charge in [-0.25, -0.2) is 0 Å². The molecule has 2 nitrogen and oxygen atoms in total. The van der Waals surface area contributed by atoms with Gasteiger partial charge in [0.2, 0.25) is 0 Å². The summed E-state index contributed by atoms with van der Waals surface area (Å²) in [6.07, 6.45) is 11.1. The molecule has 0 aliphatic heterocycles. The maximum absolute atomic E-state index is 4.22. The highest BCUT2D eigenvalue weighted by Crippen LogP contribution is 2.44. The van der Waals surface area contributed by atoms with Gasteiger partial charge in [-0.05, 0) is 103 Å². The first kappa shape index (κ1) is 48.1. The second kappa shape index (κ2) is 24.1. The predicted octanol–water partition coefficient (Wildman–Crippen LogP) is 18.4. The van der Waals surface area contributed by atoms with Gasteiger partial charge in [-0.15, -0.1) is 0 Å². The summed E-state index contributed by atoms with van der Waals surface area (Å²) in [5.41, 5.74) is 15.9. The lowest BCUT2D eigenvalue weighted by atomic mass is 10.1. The summed E-state index contributed by atoms with van der Waals surface area (Å²) in [4.78, 5) is 4.22. The summed E-state index contributed by atoms with van der Waals surface area (Å²) in [6, 6.07) is 73.6. The molecule has 10 aromatic rings. The van der Waals surface area contributed by atoms with Gasteiger partial charge in [-0.2, -0.15) is 0 Å². The third kappa shape index (κ3) is 11.9. The lowest BCUT2D eigenvalue weighted by Gasteiger charge is -2.08. The lowest BCUT2D eigenvalue weighted by Crippen LogP contribution is -1.99. The largest absolute Gasteiger partial charge is 0.336 e. The van der Waals surface area contributed by atoms with Crippen LogP contribution in [0.4, 0.5) is 0 Å². The van der Waals surface area contributed by atoms with Crippen LogP contribution in [0.15, 0.2) is 257 Å². The topological polar surface area (TPSA) is 17.3 Å². The SMILES string of the molecule is C=Cc1ccc(C=C)cc1.C=Cc1ccc(Cn2c3ccccc3c3ccccc32)cc1.C=Cc1ccc2ccccc2c1.C=Cc1cccc(C=C)c1.C=NC1c2ccccc2-c2ccccc21. The van der Waals surface area contributed by atoms with Crippen molar-refractivity contribution in [1.29, 1.82) is 0 Å². The molecule has 1 aliphatic carbocycles. The summed E-state index contributed by atoms with van der Waals surface area (Å²) in [6.45, 7) is 26.8. The molecule has 11 rings (SSSR count). The monoisotopic (exact) mass is 890 g/mol. The molecule has 1 aliphatic rings. The first-order valence-corrected chi connectivity index (χ1v) is 23.0. The third-order valence-corrected chi connectivity index (χ3v) is 12.0. The van der Waals surface area contributed by atoms with Crippen LogP contribution in [-0.2, 0) is 6.54 Å². The molecule has 0 atom stereocenters. The molecule has 1 aromatic heterocycles. The Balaban J connectivity index is 0.000000133. The van der Waals surface area contributed by atoms with Crippen molar-refractivity contribution in [3.8, 4) is 11.1 Å². The fourth-order valence-corrected chi connectivity index (χ4v) is 8.36. The molecule has 0 saturated carbocycles. The van der Waals surface area contributed by atoms with Crippen LogP contribution in [0.3, 0.4) is 0 Å². The van der Waals surface area contributed by atoms with Gasteiger partial charge in [-0.3, -0.25) is 4.99 Å². The molecule has 0 fully saturated rings. The Bertz CT molecular complexity index is 3230. The van der Waals surface area contributed by atoms with E-state index in [1.807, 2.05) is 85.0 Å². The van der Waals surface area contributed by atoms with Crippen LogP contribution in [0.5, 0.6) is 0 Å². The second-order valence-electron chi connectivity index (χ2n) is 16.3. The van der Waals surface area contributed by atoms with Gasteiger partial charge in [0.25, 0.3) is 0 Å². The molecule has 0 saturated heterocycles. The van der Waals surface area contributed by atoms with E-state index < -0.39 is 0 Å². The zero-order valence-corrected chi connectivity index (χ0v) is 39.3. The van der Waals surface area contributed by atoms with E-state index in [-0.39, 0.29) is 6.04 Å². The molecule has 0 bridgehead atoms. The van der Waals surface area contributed by atoms with Crippen molar-refractivity contribution >= 4 is 75.8 Å². The minimum Gasteiger partial charge on any atom is -0.336 e. The zero-order valence-electron chi connectivity index (χ0n) is 39.3. The van der Waals surface area contributed by atoms with Crippen LogP contribution < -0.4 is 0 Å². The summed E-state index contributed by atoms with van der Waals surface area (Å²) in [5, 5.41) is 5.19. The summed E-state index contributed by atoms with van der Waals surface area (Å²) in [5.74, 6) is 0. The van der Waals surface area contributed by atoms with Crippen molar-refractivity contribution in [2.24, 2.45) is 4.99 Å². The molecule has 1 heterocycles. The normalized spacial score (nSPS) is 10.7. The Hall–Kier alpha value is -8.85. The summed E-state index contributed by atoms with van der Waals surface area (Å²) in [7, 11) is 0. The number of hydrogen-bond acceptors (Lipinski definition) is 1. The Morgan fingerprint density at radius 2 is 0.754 bits per heavy atom. The maximum Gasteiger partial charge on any atom is 0.100 e. The zero-order chi connectivity index (χ0) is 48.4. The van der Waals surface area contributed by atoms with Crippen LogP contribution in [0, 0.1) is 0 Å². The molecule has 2 heteroatoms. The van der Waals surface area contributed by atoms with E-state index in [4.69, 9.17) is 0 Å². The van der Waals surface area contributed by atoms with Crippen LogP contribution in [0.2, 0.25) is 0 Å². The molecular formula is C67H58N2. The number of para-hydroxylation sites is 2. The van der Waals surface area contributed by atoms with Gasteiger partial charge in [-0.1, -0.05) is 264 Å². The van der Waals surface area contributed by atoms with Gasteiger partial charge in [0, 0.05) is 28.4 Å². The Labute approximate surface area is 408 Å². The standard InChI is InChI=1S/C21H17N.C14H11N.C12H10.2C10H10/c1-2-16-11-13-17(14-12-16)15-22-20-9-5-3-7-18(20)19-8-4-6-10-21(19)22;1-15-14-12-8-4-2-6-10(12)11-7-3-5-9-13(11)14;1-2-10-7-8-11-5-3-4-6-12(11)9-10;1-3-9-5-7-10(4-2)8-6-9;1-3-9-6-5-7-10(4-2)8-9/h2-14H,1,15H2;2-9,14H,1H2;2-9H,1H2;2*3-8H,1-2H2. The van der Waals surface area contributed by atoms with E-state index in [0.717, 1.165) is 34.4 Å². The highest BCUT2D eigenvalue weighted by atomic mass is 15.0. The van der Waals surface area contributed by atoms with Crippen molar-refractivity contribution in [2.75, 3.05) is 0 Å². The Morgan fingerprint density at radius 3 is 1.23 bits per heavy atom. The third-order valence-electron chi connectivity index (χ3n) is 12.0. The first-order chi connectivity index (χ1) is 33.9. The van der Waals surface area contributed by atoms with Gasteiger partial charge >= 0.3 is 0 Å². The molecular weight excluding hydrogens is 833 g/mol. The fourth-order valence-electron chi connectivity index (χ4n) is 8.36. The van der Waals surface area contributed by atoms with Gasteiger partial charge in [0.05, 0.1) is 0 Å². The van der Waals surface area contributed by atoms with Crippen molar-refractivity contribution in [3.05, 3.63) is 302 Å². The number of hydrogen-bond donors (Lipinski definition) is 0. The van der Waals surface area contributed by atoms with Crippen molar-refractivity contribution in [1.82, 2.24) is 4.57 Å². The summed E-state index contributed by atoms with van der Waals surface area (Å²) >= 11 is 0. The molecule has 0 amide bonds. The van der Waals surface area contributed by atoms with E-state index in [2.05, 4.69) is 220 Å². The minimum absolute atomic E-state index is 0.123. The number of nitrogens with zero attached hydrogens (tertiary/aromatic N) is 2. The van der Waals surface area contributed by atoms with E-state index in [0.29, 0.717) is 0 Å². The van der Waals surface area contributed by atoms with Crippen molar-refractivity contribution in [3.63, 3.8) is 0 Å². The van der Waals surface area contributed by atoms with Gasteiger partial charge in [0.15, 0.2) is 0 Å². The van der Waals surface area contributed by atoms with E-state index >= 15 is 0 Å². The van der Waals surface area contributed by atoms with E-state index in [9.17, 15) is 0 Å².